The van der Waals surface area contributed by atoms with E-state index in [-0.39, 0.29) is 0 Å². The van der Waals surface area contributed by atoms with Gasteiger partial charge in [-0.1, -0.05) is 41.9 Å². The highest BCUT2D eigenvalue weighted by Crippen LogP contribution is 2.12. The molecule has 0 bridgehead atoms. The molecule has 0 saturated carbocycles. The zero-order chi connectivity index (χ0) is 13.4. The van der Waals surface area contributed by atoms with E-state index in [9.17, 15) is 5.11 Å². The van der Waals surface area contributed by atoms with Gasteiger partial charge in [-0.15, -0.1) is 0 Å². The van der Waals surface area contributed by atoms with Crippen LogP contribution in [0.5, 0.6) is 0 Å². The van der Waals surface area contributed by atoms with Crippen molar-refractivity contribution in [3.8, 4) is 0 Å². The molecule has 102 valence electrons. The maximum absolute atomic E-state index is 9.70. The standard InChI is InChI=1S/C14H22BrNO2/c1-11(2)7-16-8-14(17)10-18-9-12-4-3-5-13(15)6-12/h3-6,11,14,16-17H,7-10H2,1-2H3. The van der Waals surface area contributed by atoms with Gasteiger partial charge in [-0.3, -0.25) is 0 Å². The number of nitrogens with one attached hydrogen (secondary N) is 1. The zero-order valence-corrected chi connectivity index (χ0v) is 12.6. The monoisotopic (exact) mass is 315 g/mol. The molecule has 1 rings (SSSR count). The van der Waals surface area contributed by atoms with Gasteiger partial charge < -0.3 is 15.2 Å². The number of aliphatic hydroxyl groups excluding tert-OH is 1. The minimum atomic E-state index is -0.448. The van der Waals surface area contributed by atoms with Crippen LogP contribution < -0.4 is 5.32 Å². The fraction of sp³-hybridized carbons (Fsp3) is 0.571. The van der Waals surface area contributed by atoms with Crippen LogP contribution in [0.2, 0.25) is 0 Å². The predicted molar refractivity (Wildman–Crippen MR) is 77.5 cm³/mol. The molecule has 0 aliphatic heterocycles. The Morgan fingerprint density at radius 1 is 1.33 bits per heavy atom. The van der Waals surface area contributed by atoms with Crippen molar-refractivity contribution >= 4 is 15.9 Å². The number of aliphatic hydroxyl groups is 1. The molecule has 0 aliphatic rings. The molecule has 1 unspecified atom stereocenters. The number of hydrogen-bond acceptors (Lipinski definition) is 3. The summed E-state index contributed by atoms with van der Waals surface area (Å²) in [5, 5.41) is 12.9. The van der Waals surface area contributed by atoms with Crippen molar-refractivity contribution in [3.63, 3.8) is 0 Å². The van der Waals surface area contributed by atoms with Crippen molar-refractivity contribution in [1.29, 1.82) is 0 Å². The summed E-state index contributed by atoms with van der Waals surface area (Å²) in [5.41, 5.74) is 1.10. The second kappa shape index (κ2) is 8.64. The van der Waals surface area contributed by atoms with Gasteiger partial charge in [-0.25, -0.2) is 0 Å². The third kappa shape index (κ3) is 7.11. The van der Waals surface area contributed by atoms with Gasteiger partial charge in [0.15, 0.2) is 0 Å². The zero-order valence-electron chi connectivity index (χ0n) is 11.0. The Morgan fingerprint density at radius 3 is 2.78 bits per heavy atom. The molecule has 1 aromatic carbocycles. The Kier molecular flexibility index (Phi) is 7.51. The summed E-state index contributed by atoms with van der Waals surface area (Å²) in [6, 6.07) is 7.98. The smallest absolute Gasteiger partial charge is 0.0897 e. The van der Waals surface area contributed by atoms with Gasteiger partial charge in [-0.05, 0) is 30.2 Å². The SMILES string of the molecule is CC(C)CNCC(O)COCc1cccc(Br)c1. The maximum atomic E-state index is 9.70. The third-order valence-corrected chi connectivity index (χ3v) is 2.89. The molecule has 3 nitrogen and oxygen atoms in total. The van der Waals surface area contributed by atoms with E-state index in [0.29, 0.717) is 25.7 Å². The number of benzene rings is 1. The van der Waals surface area contributed by atoms with Crippen LogP contribution in [0.3, 0.4) is 0 Å². The van der Waals surface area contributed by atoms with E-state index >= 15 is 0 Å². The van der Waals surface area contributed by atoms with Gasteiger partial charge in [0.25, 0.3) is 0 Å². The molecule has 1 atom stereocenters. The molecular weight excluding hydrogens is 294 g/mol. The summed E-state index contributed by atoms with van der Waals surface area (Å²) < 4.78 is 6.53. The van der Waals surface area contributed by atoms with Crippen LogP contribution in [0.25, 0.3) is 0 Å². The largest absolute Gasteiger partial charge is 0.389 e. The van der Waals surface area contributed by atoms with Crippen LogP contribution in [0.15, 0.2) is 28.7 Å². The van der Waals surface area contributed by atoms with Crippen LogP contribution in [0.1, 0.15) is 19.4 Å². The van der Waals surface area contributed by atoms with Crippen molar-refractivity contribution in [1.82, 2.24) is 5.32 Å². The predicted octanol–water partition coefficient (Wildman–Crippen LogP) is 2.57. The molecular formula is C14H22BrNO2. The van der Waals surface area contributed by atoms with Gasteiger partial charge in [0.05, 0.1) is 19.3 Å². The molecule has 0 radical (unpaired) electrons. The summed E-state index contributed by atoms with van der Waals surface area (Å²) in [6.45, 7) is 6.67. The lowest BCUT2D eigenvalue weighted by atomic mass is 10.2. The molecule has 0 saturated heterocycles. The first-order valence-electron chi connectivity index (χ1n) is 6.29. The van der Waals surface area contributed by atoms with E-state index in [4.69, 9.17) is 4.74 Å². The Balaban J connectivity index is 2.13. The van der Waals surface area contributed by atoms with E-state index in [1.807, 2.05) is 24.3 Å². The molecule has 0 aromatic heterocycles. The molecule has 2 N–H and O–H groups in total. The average Bonchev–Trinajstić information content (AvgIpc) is 2.28. The van der Waals surface area contributed by atoms with E-state index < -0.39 is 6.10 Å². The Labute approximate surface area is 118 Å². The third-order valence-electron chi connectivity index (χ3n) is 2.40. The van der Waals surface area contributed by atoms with Crippen LogP contribution in [0.4, 0.5) is 0 Å². The summed E-state index contributed by atoms with van der Waals surface area (Å²) in [4.78, 5) is 0. The summed E-state index contributed by atoms with van der Waals surface area (Å²) in [7, 11) is 0. The van der Waals surface area contributed by atoms with E-state index in [1.165, 1.54) is 0 Å². The van der Waals surface area contributed by atoms with Gasteiger partial charge in [0.1, 0.15) is 0 Å². The van der Waals surface area contributed by atoms with Gasteiger partial charge in [0.2, 0.25) is 0 Å². The average molecular weight is 316 g/mol. The van der Waals surface area contributed by atoms with Crippen LogP contribution >= 0.6 is 15.9 Å². The molecule has 0 fully saturated rings. The highest BCUT2D eigenvalue weighted by atomic mass is 79.9. The number of rotatable bonds is 8. The molecule has 0 spiro atoms. The second-order valence-corrected chi connectivity index (χ2v) is 5.77. The number of ether oxygens (including phenoxy) is 1. The quantitative estimate of drug-likeness (QED) is 0.774. The Morgan fingerprint density at radius 2 is 2.11 bits per heavy atom. The minimum Gasteiger partial charge on any atom is -0.389 e. The lowest BCUT2D eigenvalue weighted by Crippen LogP contribution is -2.32. The van der Waals surface area contributed by atoms with Gasteiger partial charge in [-0.2, -0.15) is 0 Å². The highest BCUT2D eigenvalue weighted by molar-refractivity contribution is 9.10. The van der Waals surface area contributed by atoms with Crippen molar-refractivity contribution in [2.75, 3.05) is 19.7 Å². The Hall–Kier alpha value is -0.420. The van der Waals surface area contributed by atoms with E-state index in [2.05, 4.69) is 35.1 Å². The minimum absolute atomic E-state index is 0.359. The summed E-state index contributed by atoms with van der Waals surface area (Å²) >= 11 is 3.42. The van der Waals surface area contributed by atoms with E-state index in [0.717, 1.165) is 16.6 Å². The van der Waals surface area contributed by atoms with E-state index in [1.54, 1.807) is 0 Å². The van der Waals surface area contributed by atoms with Crippen LogP contribution in [-0.4, -0.2) is 30.9 Å². The normalized spacial score (nSPS) is 12.9. The molecule has 0 amide bonds. The molecule has 0 heterocycles. The summed E-state index contributed by atoms with van der Waals surface area (Å²) in [5.74, 6) is 0.597. The molecule has 1 aromatic rings. The van der Waals surface area contributed by atoms with Gasteiger partial charge in [0, 0.05) is 11.0 Å². The molecule has 0 aliphatic carbocycles. The van der Waals surface area contributed by atoms with Crippen molar-refractivity contribution in [2.24, 2.45) is 5.92 Å². The van der Waals surface area contributed by atoms with Crippen molar-refractivity contribution in [3.05, 3.63) is 34.3 Å². The topological polar surface area (TPSA) is 41.5 Å². The van der Waals surface area contributed by atoms with Crippen LogP contribution in [-0.2, 0) is 11.3 Å². The molecule has 18 heavy (non-hydrogen) atoms. The fourth-order valence-corrected chi connectivity index (χ4v) is 1.98. The number of hydrogen-bond donors (Lipinski definition) is 2. The highest BCUT2D eigenvalue weighted by Gasteiger charge is 2.04. The lowest BCUT2D eigenvalue weighted by molar-refractivity contribution is 0.0286. The first-order valence-corrected chi connectivity index (χ1v) is 7.08. The van der Waals surface area contributed by atoms with Crippen molar-refractivity contribution < 1.29 is 9.84 Å². The Bertz CT molecular complexity index is 344. The summed E-state index contributed by atoms with van der Waals surface area (Å²) in [6.07, 6.45) is -0.448. The van der Waals surface area contributed by atoms with Gasteiger partial charge >= 0.3 is 0 Å². The lowest BCUT2D eigenvalue weighted by Gasteiger charge is -2.13. The van der Waals surface area contributed by atoms with Crippen molar-refractivity contribution in [2.45, 2.75) is 26.6 Å². The molecule has 4 heteroatoms. The van der Waals surface area contributed by atoms with Crippen LogP contribution in [0, 0.1) is 5.92 Å². The first kappa shape index (κ1) is 15.6. The number of halogens is 1. The maximum Gasteiger partial charge on any atom is 0.0897 e. The second-order valence-electron chi connectivity index (χ2n) is 4.85. The first-order chi connectivity index (χ1) is 8.58. The fourth-order valence-electron chi connectivity index (χ4n) is 1.54.